The fraction of sp³-hybridized carbons (Fsp3) is 0.667. The molecule has 0 amide bonds. The highest BCUT2D eigenvalue weighted by molar-refractivity contribution is 7.98. The lowest BCUT2D eigenvalue weighted by molar-refractivity contribution is 0.730. The molecule has 0 aliphatic rings. The molecule has 1 rings (SSSR count). The third-order valence-corrected chi connectivity index (χ3v) is 3.36. The van der Waals surface area contributed by atoms with Crippen LogP contribution in [-0.4, -0.2) is 21.8 Å². The van der Waals surface area contributed by atoms with Crippen molar-refractivity contribution in [3.63, 3.8) is 0 Å². The maximum Gasteiger partial charge on any atom is 0.138 e. The summed E-state index contributed by atoms with van der Waals surface area (Å²) < 4.78 is 0. The van der Waals surface area contributed by atoms with Crippen molar-refractivity contribution in [2.75, 3.05) is 5.75 Å². The zero-order valence-electron chi connectivity index (χ0n) is 10.3. The predicted octanol–water partition coefficient (Wildman–Crippen LogP) is 2.26. The lowest BCUT2D eigenvalue weighted by atomic mass is 10.1. The summed E-state index contributed by atoms with van der Waals surface area (Å²) >= 11 is 1.88. The van der Waals surface area contributed by atoms with E-state index in [0.29, 0.717) is 0 Å². The van der Waals surface area contributed by atoms with E-state index in [2.05, 4.69) is 23.8 Å². The molecule has 0 radical (unpaired) electrons. The van der Waals surface area contributed by atoms with Crippen LogP contribution >= 0.6 is 11.8 Å². The van der Waals surface area contributed by atoms with E-state index in [9.17, 15) is 0 Å². The maximum absolute atomic E-state index is 5.72. The molecule has 0 aliphatic carbocycles. The van der Waals surface area contributed by atoms with Crippen molar-refractivity contribution >= 4 is 11.8 Å². The number of aromatic nitrogens is 2. The summed E-state index contributed by atoms with van der Waals surface area (Å²) in [5.74, 6) is 3.70. The number of thioether (sulfide) groups is 1. The molecule has 1 unspecified atom stereocenters. The number of rotatable bonds is 6. The van der Waals surface area contributed by atoms with E-state index >= 15 is 0 Å². The third-order valence-electron chi connectivity index (χ3n) is 2.00. The van der Waals surface area contributed by atoms with E-state index in [4.69, 9.17) is 5.73 Å². The van der Waals surface area contributed by atoms with Crippen molar-refractivity contribution in [3.05, 3.63) is 23.8 Å². The number of hydrogen-bond donors (Lipinski definition) is 1. The van der Waals surface area contributed by atoms with Gasteiger partial charge in [-0.15, -0.1) is 0 Å². The van der Waals surface area contributed by atoms with Gasteiger partial charge in [0.1, 0.15) is 5.82 Å². The van der Waals surface area contributed by atoms with Crippen LogP contribution in [0.5, 0.6) is 0 Å². The summed E-state index contributed by atoms with van der Waals surface area (Å²) in [5.41, 5.74) is 6.83. The lowest BCUT2D eigenvalue weighted by Gasteiger charge is -2.06. The summed E-state index contributed by atoms with van der Waals surface area (Å²) in [4.78, 5) is 8.68. The minimum atomic E-state index is 0.171. The Morgan fingerprint density at radius 2 is 1.88 bits per heavy atom. The molecule has 90 valence electrons. The Labute approximate surface area is 102 Å². The van der Waals surface area contributed by atoms with E-state index in [1.165, 1.54) is 0 Å². The van der Waals surface area contributed by atoms with Gasteiger partial charge in [0, 0.05) is 18.4 Å². The highest BCUT2D eigenvalue weighted by Crippen LogP contribution is 2.12. The Hall–Kier alpha value is -0.610. The van der Waals surface area contributed by atoms with Crippen molar-refractivity contribution in [3.8, 4) is 0 Å². The number of hydrogen-bond acceptors (Lipinski definition) is 4. The second-order valence-corrected chi connectivity index (χ2v) is 5.63. The van der Waals surface area contributed by atoms with Gasteiger partial charge in [0.25, 0.3) is 0 Å². The average Bonchev–Trinajstić information content (AvgIpc) is 2.19. The first-order chi connectivity index (χ1) is 7.58. The van der Waals surface area contributed by atoms with Gasteiger partial charge in [-0.3, -0.25) is 0 Å². The van der Waals surface area contributed by atoms with Gasteiger partial charge in [0.2, 0.25) is 0 Å². The van der Waals surface area contributed by atoms with E-state index in [1.54, 1.807) is 0 Å². The minimum Gasteiger partial charge on any atom is -0.328 e. The van der Waals surface area contributed by atoms with Crippen molar-refractivity contribution in [2.45, 2.75) is 39.0 Å². The summed E-state index contributed by atoms with van der Waals surface area (Å²) in [5, 5.41) is 0. The molecule has 1 aromatic rings. The monoisotopic (exact) mass is 239 g/mol. The van der Waals surface area contributed by atoms with Crippen LogP contribution in [0.15, 0.2) is 12.4 Å². The van der Waals surface area contributed by atoms with Gasteiger partial charge in [-0.25, -0.2) is 9.97 Å². The van der Waals surface area contributed by atoms with E-state index < -0.39 is 0 Å². The zero-order chi connectivity index (χ0) is 12.0. The Kier molecular flexibility index (Phi) is 5.77. The molecule has 3 nitrogen and oxygen atoms in total. The van der Waals surface area contributed by atoms with Crippen LogP contribution in [0.1, 0.15) is 32.2 Å². The maximum atomic E-state index is 5.72. The lowest BCUT2D eigenvalue weighted by Crippen LogP contribution is -2.18. The van der Waals surface area contributed by atoms with Gasteiger partial charge in [0.15, 0.2) is 0 Å². The fourth-order valence-electron chi connectivity index (χ4n) is 1.32. The molecule has 0 saturated carbocycles. The van der Waals surface area contributed by atoms with Crippen LogP contribution in [0.25, 0.3) is 0 Å². The molecule has 1 heterocycles. The van der Waals surface area contributed by atoms with E-state index in [-0.39, 0.29) is 6.04 Å². The topological polar surface area (TPSA) is 51.8 Å². The van der Waals surface area contributed by atoms with Gasteiger partial charge < -0.3 is 5.73 Å². The predicted molar refractivity (Wildman–Crippen MR) is 70.4 cm³/mol. The zero-order valence-corrected chi connectivity index (χ0v) is 11.1. The quantitative estimate of drug-likeness (QED) is 0.827. The molecular formula is C12H21N3S. The second-order valence-electron chi connectivity index (χ2n) is 4.60. The number of nitrogens with two attached hydrogens (primary N) is 1. The molecule has 0 aromatic carbocycles. The van der Waals surface area contributed by atoms with Gasteiger partial charge in [-0.05, 0) is 30.6 Å². The van der Waals surface area contributed by atoms with Crippen molar-refractivity contribution in [2.24, 2.45) is 11.7 Å². The van der Waals surface area contributed by atoms with Crippen molar-refractivity contribution in [1.29, 1.82) is 0 Å². The molecule has 0 saturated heterocycles. The highest BCUT2D eigenvalue weighted by atomic mass is 32.2. The van der Waals surface area contributed by atoms with Crippen LogP contribution in [0.4, 0.5) is 0 Å². The molecule has 2 N–H and O–H groups in total. The van der Waals surface area contributed by atoms with Crippen molar-refractivity contribution in [1.82, 2.24) is 9.97 Å². The molecule has 1 atom stereocenters. The first-order valence-electron chi connectivity index (χ1n) is 5.71. The van der Waals surface area contributed by atoms with Crippen LogP contribution in [-0.2, 0) is 12.2 Å². The minimum absolute atomic E-state index is 0.171. The molecule has 0 aliphatic heterocycles. The Bertz CT molecular complexity index is 296. The van der Waals surface area contributed by atoms with E-state index in [0.717, 1.165) is 35.2 Å². The smallest absolute Gasteiger partial charge is 0.138 e. The molecular weight excluding hydrogens is 218 g/mol. The van der Waals surface area contributed by atoms with Crippen LogP contribution in [0, 0.1) is 5.92 Å². The van der Waals surface area contributed by atoms with Crippen LogP contribution in [0.2, 0.25) is 0 Å². The first kappa shape index (κ1) is 13.5. The summed E-state index contributed by atoms with van der Waals surface area (Å²) in [6.07, 6.45) is 4.63. The Balaban J connectivity index is 2.39. The third kappa shape index (κ3) is 5.47. The summed E-state index contributed by atoms with van der Waals surface area (Å²) in [6, 6.07) is 0.171. The number of nitrogens with zero attached hydrogens (tertiary/aromatic N) is 2. The molecule has 16 heavy (non-hydrogen) atoms. The SMILES string of the molecule is CC(C)CSCc1ncc(CC(C)N)cn1. The largest absolute Gasteiger partial charge is 0.328 e. The molecule has 1 aromatic heterocycles. The van der Waals surface area contributed by atoms with Gasteiger partial charge in [-0.1, -0.05) is 13.8 Å². The standard InChI is InChI=1S/C12H21N3S/c1-9(2)7-16-8-12-14-5-11(6-15-12)4-10(3)13/h5-6,9-10H,4,7-8,13H2,1-3H3. The molecule has 0 bridgehead atoms. The van der Waals surface area contributed by atoms with Gasteiger partial charge >= 0.3 is 0 Å². The van der Waals surface area contributed by atoms with Crippen LogP contribution < -0.4 is 5.73 Å². The Morgan fingerprint density at radius 3 is 2.38 bits per heavy atom. The average molecular weight is 239 g/mol. The van der Waals surface area contributed by atoms with Gasteiger partial charge in [-0.2, -0.15) is 11.8 Å². The fourth-order valence-corrected chi connectivity index (χ4v) is 2.24. The van der Waals surface area contributed by atoms with E-state index in [1.807, 2.05) is 31.1 Å². The highest BCUT2D eigenvalue weighted by Gasteiger charge is 2.01. The normalized spacial score (nSPS) is 13.1. The molecule has 0 spiro atoms. The molecule has 4 heteroatoms. The Morgan fingerprint density at radius 1 is 1.25 bits per heavy atom. The molecule has 0 fully saturated rings. The van der Waals surface area contributed by atoms with Crippen LogP contribution in [0.3, 0.4) is 0 Å². The van der Waals surface area contributed by atoms with Gasteiger partial charge in [0.05, 0.1) is 5.75 Å². The summed E-state index contributed by atoms with van der Waals surface area (Å²) in [6.45, 7) is 6.44. The first-order valence-corrected chi connectivity index (χ1v) is 6.86. The summed E-state index contributed by atoms with van der Waals surface area (Å²) in [7, 11) is 0. The second kappa shape index (κ2) is 6.86. The van der Waals surface area contributed by atoms with Crippen molar-refractivity contribution < 1.29 is 0 Å².